The van der Waals surface area contributed by atoms with Crippen LogP contribution in [0.3, 0.4) is 0 Å². The SMILES string of the molecule is Fc1cc(-c2ccc3oc4c(-c5ccc(-c6ccc(-c7ccnc8c7oc7ccc(-c9cc(F)c(F)c(F)c9)cc78)cc6)cc5)ccnc4c3c2)cc(F)c1F. The molecule has 4 heterocycles. The number of hydrogen-bond acceptors (Lipinski definition) is 4. The molecule has 0 bridgehead atoms. The van der Waals surface area contributed by atoms with Crippen molar-refractivity contribution in [3.05, 3.63) is 169 Å². The van der Waals surface area contributed by atoms with Crippen molar-refractivity contribution < 1.29 is 35.2 Å². The highest BCUT2D eigenvalue weighted by atomic mass is 19.2. The Morgan fingerprint density at radius 1 is 0.339 bits per heavy atom. The molecule has 0 aliphatic heterocycles. The summed E-state index contributed by atoms with van der Waals surface area (Å²) < 4.78 is 95.6. The zero-order chi connectivity index (χ0) is 38.2. The third-order valence-electron chi connectivity index (χ3n) is 10.1. The number of benzene rings is 6. The van der Waals surface area contributed by atoms with Crippen molar-refractivity contribution in [2.24, 2.45) is 0 Å². The van der Waals surface area contributed by atoms with Gasteiger partial charge in [0.2, 0.25) is 0 Å². The summed E-state index contributed by atoms with van der Waals surface area (Å²) >= 11 is 0. The van der Waals surface area contributed by atoms with Gasteiger partial charge in [0.1, 0.15) is 22.2 Å². The van der Waals surface area contributed by atoms with Gasteiger partial charge in [-0.1, -0.05) is 60.7 Å². The number of hydrogen-bond donors (Lipinski definition) is 0. The zero-order valence-electron chi connectivity index (χ0n) is 28.7. The molecule has 10 rings (SSSR count). The van der Waals surface area contributed by atoms with Gasteiger partial charge in [-0.25, -0.2) is 26.3 Å². The fourth-order valence-electron chi connectivity index (χ4n) is 7.26. The van der Waals surface area contributed by atoms with Gasteiger partial charge in [0.25, 0.3) is 0 Å². The first-order valence-electron chi connectivity index (χ1n) is 17.3. The largest absolute Gasteiger partial charge is 0.454 e. The molecule has 0 N–H and O–H groups in total. The van der Waals surface area contributed by atoms with Gasteiger partial charge in [-0.15, -0.1) is 0 Å². The molecular weight excluding hydrogens is 727 g/mol. The monoisotopic (exact) mass is 748 g/mol. The number of pyridine rings is 2. The molecule has 0 unspecified atom stereocenters. The van der Waals surface area contributed by atoms with Crippen LogP contribution >= 0.6 is 0 Å². The number of halogens is 6. The fraction of sp³-hybridized carbons (Fsp3) is 0. The second kappa shape index (κ2) is 12.7. The maximum absolute atomic E-state index is 14.0. The van der Waals surface area contributed by atoms with Crippen LogP contribution in [0.25, 0.3) is 99.8 Å². The summed E-state index contributed by atoms with van der Waals surface area (Å²) in [6.07, 6.45) is 3.35. The normalized spacial score (nSPS) is 11.8. The highest BCUT2D eigenvalue weighted by Gasteiger charge is 2.19. The van der Waals surface area contributed by atoms with E-state index in [0.717, 1.165) is 57.6 Å². The molecule has 0 atom stereocenters. The molecule has 0 amide bonds. The first-order valence-corrected chi connectivity index (χ1v) is 17.3. The van der Waals surface area contributed by atoms with E-state index in [2.05, 4.69) is 9.97 Å². The summed E-state index contributed by atoms with van der Waals surface area (Å²) in [5.74, 6) is -8.10. The van der Waals surface area contributed by atoms with Gasteiger partial charge >= 0.3 is 0 Å². The Morgan fingerprint density at radius 2 is 0.679 bits per heavy atom. The number of nitrogens with zero attached hydrogens (tertiary/aromatic N) is 2. The van der Waals surface area contributed by atoms with E-state index in [1.807, 2.05) is 60.7 Å². The van der Waals surface area contributed by atoms with Gasteiger partial charge in [-0.3, -0.25) is 9.97 Å². The van der Waals surface area contributed by atoms with E-state index in [4.69, 9.17) is 8.83 Å². The lowest BCUT2D eigenvalue weighted by molar-refractivity contribution is 0.447. The van der Waals surface area contributed by atoms with Crippen LogP contribution in [0.4, 0.5) is 26.3 Å². The van der Waals surface area contributed by atoms with Crippen molar-refractivity contribution >= 4 is 44.1 Å². The lowest BCUT2D eigenvalue weighted by atomic mass is 9.97. The lowest BCUT2D eigenvalue weighted by Crippen LogP contribution is -1.91. The van der Waals surface area contributed by atoms with Crippen molar-refractivity contribution in [2.75, 3.05) is 0 Å². The molecule has 0 aliphatic rings. The second-order valence-electron chi connectivity index (χ2n) is 13.4. The Morgan fingerprint density at radius 3 is 1.05 bits per heavy atom. The van der Waals surface area contributed by atoms with Gasteiger partial charge < -0.3 is 8.83 Å². The molecule has 0 saturated carbocycles. The molecule has 10 heteroatoms. The minimum atomic E-state index is -1.52. The first kappa shape index (κ1) is 33.4. The molecule has 56 heavy (non-hydrogen) atoms. The zero-order valence-corrected chi connectivity index (χ0v) is 28.7. The molecule has 0 fully saturated rings. The van der Waals surface area contributed by atoms with Crippen molar-refractivity contribution in [3.63, 3.8) is 0 Å². The van der Waals surface area contributed by atoms with Crippen molar-refractivity contribution in [3.8, 4) is 55.6 Å². The maximum Gasteiger partial charge on any atom is 0.194 e. The Bertz CT molecular complexity index is 2940. The molecule has 0 saturated heterocycles. The fourth-order valence-corrected chi connectivity index (χ4v) is 7.26. The minimum absolute atomic E-state index is 0.193. The standard InChI is InChI=1S/C46H22F6N2O2/c47-35-19-29(20-36(48)41(35)51)27-9-11-39-33(17-27)43-45(55-39)31(13-15-53-43)25-5-1-23(2-6-25)24-3-7-26(8-4-24)32-14-16-54-44-34-18-28(10-12-40(34)56-46(32)44)30-21-37(49)42(52)38(50)22-30/h1-22H. The average Bonchev–Trinajstić information content (AvgIpc) is 3.79. The number of rotatable bonds is 5. The van der Waals surface area contributed by atoms with Gasteiger partial charge in [0, 0.05) is 34.3 Å². The van der Waals surface area contributed by atoms with Crippen LogP contribution in [0.2, 0.25) is 0 Å². The van der Waals surface area contributed by atoms with Crippen molar-refractivity contribution in [1.29, 1.82) is 0 Å². The number of aromatic nitrogens is 2. The van der Waals surface area contributed by atoms with Crippen LogP contribution in [0.5, 0.6) is 0 Å². The quantitative estimate of drug-likeness (QED) is 0.130. The lowest BCUT2D eigenvalue weighted by Gasteiger charge is -2.07. The summed E-state index contributed by atoms with van der Waals surface area (Å²) in [6, 6.07) is 33.7. The highest BCUT2D eigenvalue weighted by Crippen LogP contribution is 2.39. The van der Waals surface area contributed by atoms with Crippen LogP contribution in [-0.2, 0) is 0 Å². The molecule has 4 aromatic heterocycles. The van der Waals surface area contributed by atoms with Gasteiger partial charge in [-0.2, -0.15) is 0 Å². The van der Waals surface area contributed by atoms with Crippen LogP contribution in [0.15, 0.2) is 143 Å². The predicted octanol–water partition coefficient (Wildman–Crippen LogP) is 13.4. The third-order valence-corrected chi connectivity index (χ3v) is 10.1. The van der Waals surface area contributed by atoms with Gasteiger partial charge in [0.15, 0.2) is 46.1 Å². The molecule has 4 nitrogen and oxygen atoms in total. The third kappa shape index (κ3) is 5.40. The Balaban J connectivity index is 0.944. The van der Waals surface area contributed by atoms with Crippen molar-refractivity contribution in [2.45, 2.75) is 0 Å². The summed E-state index contributed by atoms with van der Waals surface area (Å²) in [5, 5.41) is 1.30. The molecular formula is C46H22F6N2O2. The number of fused-ring (bicyclic) bond motifs is 6. The first-order chi connectivity index (χ1) is 27.2. The Hall–Kier alpha value is -7.20. The van der Waals surface area contributed by atoms with Gasteiger partial charge in [0.05, 0.1) is 0 Å². The molecule has 0 radical (unpaired) electrons. The van der Waals surface area contributed by atoms with E-state index in [-0.39, 0.29) is 11.1 Å². The van der Waals surface area contributed by atoms with Crippen LogP contribution in [-0.4, -0.2) is 9.97 Å². The summed E-state index contributed by atoms with van der Waals surface area (Å²) in [7, 11) is 0. The Labute approximate surface area is 312 Å². The maximum atomic E-state index is 14.0. The Kier molecular flexibility index (Phi) is 7.57. The van der Waals surface area contributed by atoms with E-state index in [9.17, 15) is 26.3 Å². The molecule has 0 aliphatic carbocycles. The van der Waals surface area contributed by atoms with E-state index >= 15 is 0 Å². The van der Waals surface area contributed by atoms with Gasteiger partial charge in [-0.05, 0) is 105 Å². The highest BCUT2D eigenvalue weighted by molar-refractivity contribution is 6.09. The smallest absolute Gasteiger partial charge is 0.194 e. The molecule has 0 spiro atoms. The summed E-state index contributed by atoms with van der Waals surface area (Å²) in [6.45, 7) is 0. The average molecular weight is 749 g/mol. The predicted molar refractivity (Wildman–Crippen MR) is 204 cm³/mol. The van der Waals surface area contributed by atoms with E-state index in [0.29, 0.717) is 55.3 Å². The summed E-state index contributed by atoms with van der Waals surface area (Å²) in [5.41, 5.74) is 10.1. The molecule has 270 valence electrons. The van der Waals surface area contributed by atoms with E-state index in [1.54, 1.807) is 48.8 Å². The second-order valence-corrected chi connectivity index (χ2v) is 13.4. The van der Waals surface area contributed by atoms with Crippen LogP contribution < -0.4 is 0 Å². The minimum Gasteiger partial charge on any atom is -0.454 e. The van der Waals surface area contributed by atoms with E-state index < -0.39 is 34.9 Å². The summed E-state index contributed by atoms with van der Waals surface area (Å²) in [4.78, 5) is 9.09. The number of furan rings is 2. The molecule has 10 aromatic rings. The van der Waals surface area contributed by atoms with Crippen molar-refractivity contribution in [1.82, 2.24) is 9.97 Å². The van der Waals surface area contributed by atoms with Crippen LogP contribution in [0, 0.1) is 34.9 Å². The van der Waals surface area contributed by atoms with Crippen LogP contribution in [0.1, 0.15) is 0 Å². The topological polar surface area (TPSA) is 52.1 Å². The molecule has 6 aromatic carbocycles. The van der Waals surface area contributed by atoms with E-state index in [1.165, 1.54) is 0 Å².